The summed E-state index contributed by atoms with van der Waals surface area (Å²) in [7, 11) is 1.51. The number of rotatable bonds is 3. The highest BCUT2D eigenvalue weighted by Gasteiger charge is 2.21. The van der Waals surface area contributed by atoms with Gasteiger partial charge in [0.05, 0.1) is 7.11 Å². The van der Waals surface area contributed by atoms with E-state index in [1.165, 1.54) is 25.3 Å². The SMILES string of the molecule is COc1ccc(-c2c3cc(F)c(F)cc3c(-c3ccc(F)c(F)c3)c3cccc(F)c23)cc1. The summed E-state index contributed by atoms with van der Waals surface area (Å²) in [5.41, 5.74) is 1.39. The number of benzene rings is 5. The molecule has 33 heavy (non-hydrogen) atoms. The lowest BCUT2D eigenvalue weighted by molar-refractivity contribution is 0.415. The molecule has 0 heterocycles. The normalized spacial score (nSPS) is 11.3. The zero-order valence-electron chi connectivity index (χ0n) is 17.2. The Labute approximate surface area is 185 Å². The predicted molar refractivity (Wildman–Crippen MR) is 119 cm³/mol. The van der Waals surface area contributed by atoms with Crippen molar-refractivity contribution >= 4 is 21.5 Å². The molecule has 5 rings (SSSR count). The van der Waals surface area contributed by atoms with Crippen molar-refractivity contribution < 1.29 is 26.7 Å². The first kappa shape index (κ1) is 20.9. The number of hydrogen-bond donors (Lipinski definition) is 0. The van der Waals surface area contributed by atoms with Crippen LogP contribution in [0.1, 0.15) is 0 Å². The lowest BCUT2D eigenvalue weighted by atomic mass is 9.85. The van der Waals surface area contributed by atoms with Crippen LogP contribution < -0.4 is 4.74 Å². The summed E-state index contributed by atoms with van der Waals surface area (Å²) in [5, 5.41) is 0.978. The van der Waals surface area contributed by atoms with Crippen molar-refractivity contribution in [2.24, 2.45) is 0 Å². The molecule has 0 fully saturated rings. The summed E-state index contributed by atoms with van der Waals surface area (Å²) in [6.45, 7) is 0. The Morgan fingerprint density at radius 2 is 1.12 bits per heavy atom. The average molecular weight is 450 g/mol. The van der Waals surface area contributed by atoms with Crippen molar-refractivity contribution in [2.45, 2.75) is 0 Å². The third-order valence-electron chi connectivity index (χ3n) is 5.72. The van der Waals surface area contributed by atoms with Gasteiger partial charge in [-0.25, -0.2) is 22.0 Å². The topological polar surface area (TPSA) is 9.23 Å². The van der Waals surface area contributed by atoms with Crippen molar-refractivity contribution in [3.63, 3.8) is 0 Å². The maximum Gasteiger partial charge on any atom is 0.159 e. The molecule has 0 bridgehead atoms. The van der Waals surface area contributed by atoms with Crippen molar-refractivity contribution in [2.75, 3.05) is 7.11 Å². The lowest BCUT2D eigenvalue weighted by Crippen LogP contribution is -1.96. The summed E-state index contributed by atoms with van der Waals surface area (Å²) in [6.07, 6.45) is 0. The highest BCUT2D eigenvalue weighted by atomic mass is 19.2. The minimum Gasteiger partial charge on any atom is -0.497 e. The first-order valence-corrected chi connectivity index (χ1v) is 10.0. The van der Waals surface area contributed by atoms with Crippen LogP contribution in [0.2, 0.25) is 0 Å². The van der Waals surface area contributed by atoms with Gasteiger partial charge in [0, 0.05) is 10.9 Å². The van der Waals surface area contributed by atoms with E-state index in [0.717, 1.165) is 24.3 Å². The van der Waals surface area contributed by atoms with Gasteiger partial charge >= 0.3 is 0 Å². The molecule has 0 aliphatic carbocycles. The standard InChI is InChI=1S/C27H15F5O/c1-33-16-8-5-14(6-9-16)26-19-13-24(32)23(31)12-18(19)25(15-7-10-20(28)22(30)11-15)17-3-2-4-21(29)27(17)26/h2-13H,1H3. The summed E-state index contributed by atoms with van der Waals surface area (Å²) in [5.74, 6) is -4.39. The highest BCUT2D eigenvalue weighted by molar-refractivity contribution is 6.21. The Morgan fingerprint density at radius 1 is 0.515 bits per heavy atom. The van der Waals surface area contributed by atoms with Crippen LogP contribution in [0.5, 0.6) is 5.75 Å². The van der Waals surface area contributed by atoms with E-state index in [4.69, 9.17) is 4.74 Å². The number of hydrogen-bond acceptors (Lipinski definition) is 1. The van der Waals surface area contributed by atoms with Crippen molar-refractivity contribution in [3.05, 3.63) is 102 Å². The second-order valence-electron chi connectivity index (χ2n) is 7.58. The Morgan fingerprint density at radius 3 is 1.76 bits per heavy atom. The summed E-state index contributed by atoms with van der Waals surface area (Å²) in [4.78, 5) is 0. The average Bonchev–Trinajstić information content (AvgIpc) is 2.81. The molecule has 0 radical (unpaired) electrons. The molecule has 0 aliphatic rings. The molecule has 0 saturated heterocycles. The van der Waals surface area contributed by atoms with Gasteiger partial charge in [-0.05, 0) is 75.3 Å². The predicted octanol–water partition coefficient (Wildman–Crippen LogP) is 8.03. The van der Waals surface area contributed by atoms with Crippen molar-refractivity contribution in [1.82, 2.24) is 0 Å². The highest BCUT2D eigenvalue weighted by Crippen LogP contribution is 2.45. The number of fused-ring (bicyclic) bond motifs is 2. The Hall–Kier alpha value is -3.93. The van der Waals surface area contributed by atoms with Crippen molar-refractivity contribution in [3.8, 4) is 28.0 Å². The van der Waals surface area contributed by atoms with Crippen LogP contribution in [0.4, 0.5) is 22.0 Å². The Bertz CT molecular complexity index is 1540. The van der Waals surface area contributed by atoms with E-state index in [-0.39, 0.29) is 27.3 Å². The summed E-state index contributed by atoms with van der Waals surface area (Å²) in [6, 6.07) is 16.3. The molecule has 0 aliphatic heterocycles. The molecule has 6 heteroatoms. The van der Waals surface area contributed by atoms with Gasteiger partial charge in [0.1, 0.15) is 11.6 Å². The summed E-state index contributed by atoms with van der Waals surface area (Å²) < 4.78 is 77.0. The van der Waals surface area contributed by atoms with Gasteiger partial charge in [0.2, 0.25) is 0 Å². The van der Waals surface area contributed by atoms with Gasteiger partial charge in [-0.1, -0.05) is 30.3 Å². The monoisotopic (exact) mass is 450 g/mol. The first-order chi connectivity index (χ1) is 15.9. The fourth-order valence-electron chi connectivity index (χ4n) is 4.25. The van der Waals surface area contributed by atoms with Gasteiger partial charge < -0.3 is 4.74 Å². The molecule has 164 valence electrons. The number of ether oxygens (including phenoxy) is 1. The lowest BCUT2D eigenvalue weighted by Gasteiger charge is -2.18. The second-order valence-corrected chi connectivity index (χ2v) is 7.58. The van der Waals surface area contributed by atoms with Crippen molar-refractivity contribution in [1.29, 1.82) is 0 Å². The third kappa shape index (κ3) is 3.39. The van der Waals surface area contributed by atoms with Gasteiger partial charge in [0.15, 0.2) is 23.3 Å². The molecular formula is C27H15F5O. The van der Waals surface area contributed by atoms with Crippen LogP contribution in [0.25, 0.3) is 43.8 Å². The first-order valence-electron chi connectivity index (χ1n) is 10.0. The Balaban J connectivity index is 2.01. The molecule has 0 atom stereocenters. The fourth-order valence-corrected chi connectivity index (χ4v) is 4.25. The van der Waals surface area contributed by atoms with Crippen LogP contribution >= 0.6 is 0 Å². The Kier molecular flexibility index (Phi) is 5.01. The van der Waals surface area contributed by atoms with E-state index in [9.17, 15) is 17.6 Å². The molecular weight excluding hydrogens is 435 g/mol. The molecule has 0 amide bonds. The molecule has 0 spiro atoms. The number of methoxy groups -OCH3 is 1. The molecule has 1 nitrogen and oxygen atoms in total. The molecule has 0 unspecified atom stereocenters. The van der Waals surface area contributed by atoms with E-state index < -0.39 is 29.1 Å². The van der Waals surface area contributed by atoms with Crippen LogP contribution in [-0.4, -0.2) is 7.11 Å². The molecule has 5 aromatic rings. The van der Waals surface area contributed by atoms with Crippen LogP contribution in [-0.2, 0) is 0 Å². The second kappa shape index (κ2) is 7.89. The molecule has 5 aromatic carbocycles. The summed E-state index contributed by atoms with van der Waals surface area (Å²) >= 11 is 0. The van der Waals surface area contributed by atoms with E-state index in [1.807, 2.05) is 0 Å². The fraction of sp³-hybridized carbons (Fsp3) is 0.0370. The zero-order valence-corrected chi connectivity index (χ0v) is 17.2. The van der Waals surface area contributed by atoms with Crippen LogP contribution in [0.15, 0.2) is 72.8 Å². The minimum atomic E-state index is -1.11. The minimum absolute atomic E-state index is 0.154. The third-order valence-corrected chi connectivity index (χ3v) is 5.72. The maximum atomic E-state index is 15.3. The molecule has 0 N–H and O–H groups in total. The molecule has 0 saturated carbocycles. The number of halogens is 5. The maximum absolute atomic E-state index is 15.3. The molecule has 0 aromatic heterocycles. The van der Waals surface area contributed by atoms with Crippen LogP contribution in [0.3, 0.4) is 0 Å². The van der Waals surface area contributed by atoms with E-state index in [0.29, 0.717) is 22.3 Å². The van der Waals surface area contributed by atoms with E-state index in [1.54, 1.807) is 30.3 Å². The largest absolute Gasteiger partial charge is 0.497 e. The van der Waals surface area contributed by atoms with E-state index in [2.05, 4.69) is 0 Å². The van der Waals surface area contributed by atoms with Gasteiger partial charge in [0.25, 0.3) is 0 Å². The van der Waals surface area contributed by atoms with Gasteiger partial charge in [-0.3, -0.25) is 0 Å². The smallest absolute Gasteiger partial charge is 0.159 e. The van der Waals surface area contributed by atoms with E-state index >= 15 is 4.39 Å². The van der Waals surface area contributed by atoms with Gasteiger partial charge in [-0.15, -0.1) is 0 Å². The zero-order chi connectivity index (χ0) is 23.3. The quantitative estimate of drug-likeness (QED) is 0.200. The van der Waals surface area contributed by atoms with Crippen LogP contribution in [0, 0.1) is 29.1 Å². The van der Waals surface area contributed by atoms with Gasteiger partial charge in [-0.2, -0.15) is 0 Å².